The Labute approximate surface area is 88.2 Å². The summed E-state index contributed by atoms with van der Waals surface area (Å²) in [4.78, 5) is 22.4. The molecule has 0 aliphatic carbocycles. The van der Waals surface area contributed by atoms with Crippen molar-refractivity contribution >= 4 is 11.9 Å². The minimum absolute atomic E-state index is 0.0725. The van der Waals surface area contributed by atoms with Crippen LogP contribution in [0.25, 0.3) is 0 Å². The summed E-state index contributed by atoms with van der Waals surface area (Å²) in [6, 6.07) is 0. The van der Waals surface area contributed by atoms with E-state index in [-0.39, 0.29) is 5.57 Å². The summed E-state index contributed by atoms with van der Waals surface area (Å²) in [5, 5.41) is 0. The molecule has 0 rings (SSSR count). The Bertz CT molecular complexity index is 315. The molecule has 0 saturated carbocycles. The van der Waals surface area contributed by atoms with Crippen molar-refractivity contribution in [2.45, 2.75) is 0 Å². The summed E-state index contributed by atoms with van der Waals surface area (Å²) in [6.07, 6.45) is 3.15. The Hall–Kier alpha value is -2.10. The number of hydrogen-bond donors (Lipinski definition) is 0. The molecular weight excluding hydrogens is 196 g/mol. The van der Waals surface area contributed by atoms with E-state index in [1.807, 2.05) is 0 Å². The second kappa shape index (κ2) is 6.37. The van der Waals surface area contributed by atoms with E-state index in [4.69, 9.17) is 0 Å². The molecule has 0 bridgehead atoms. The molecule has 0 aromatic rings. The van der Waals surface area contributed by atoms with Crippen molar-refractivity contribution in [3.63, 3.8) is 0 Å². The molecule has 1 unspecified atom stereocenters. The minimum Gasteiger partial charge on any atom is -0.434 e. The van der Waals surface area contributed by atoms with Crippen molar-refractivity contribution in [2.24, 2.45) is 5.92 Å². The first-order chi connectivity index (χ1) is 7.08. The monoisotopic (exact) mass is 208 g/mol. The molecule has 4 heteroatoms. The quantitative estimate of drug-likeness (QED) is 0.288. The van der Waals surface area contributed by atoms with Gasteiger partial charge in [-0.2, -0.15) is 0 Å². The highest BCUT2D eigenvalue weighted by Crippen LogP contribution is 2.14. The summed E-state index contributed by atoms with van der Waals surface area (Å²) in [5.41, 5.74) is -0.0725. The zero-order valence-electron chi connectivity index (χ0n) is 8.27. The first-order valence-electron chi connectivity index (χ1n) is 4.03. The van der Waals surface area contributed by atoms with E-state index in [2.05, 4.69) is 35.8 Å². The van der Waals surface area contributed by atoms with E-state index in [1.165, 1.54) is 6.08 Å². The zero-order valence-corrected chi connectivity index (χ0v) is 8.27. The molecule has 4 nitrogen and oxygen atoms in total. The highest BCUT2D eigenvalue weighted by molar-refractivity contribution is 5.96. The molecule has 0 aliphatic rings. The number of hydrogen-bond acceptors (Lipinski definition) is 4. The topological polar surface area (TPSA) is 52.6 Å². The number of esters is 2. The van der Waals surface area contributed by atoms with E-state index in [0.717, 1.165) is 12.5 Å². The molecule has 15 heavy (non-hydrogen) atoms. The summed E-state index contributed by atoms with van der Waals surface area (Å²) in [7, 11) is 0. The first-order valence-corrected chi connectivity index (χ1v) is 4.03. The van der Waals surface area contributed by atoms with Crippen molar-refractivity contribution in [3.8, 4) is 0 Å². The fraction of sp³-hybridized carbons (Fsp3) is 0.0909. The number of rotatable bonds is 6. The van der Waals surface area contributed by atoms with E-state index < -0.39 is 17.9 Å². The number of carbonyl (C=O) groups excluding carboxylic acids is 2. The van der Waals surface area contributed by atoms with Gasteiger partial charge in [0.2, 0.25) is 0 Å². The predicted octanol–water partition coefficient (Wildman–Crippen LogP) is 1.72. The van der Waals surface area contributed by atoms with Crippen molar-refractivity contribution in [2.75, 3.05) is 0 Å². The third-order valence-electron chi connectivity index (χ3n) is 1.52. The van der Waals surface area contributed by atoms with E-state index in [9.17, 15) is 9.59 Å². The highest BCUT2D eigenvalue weighted by Gasteiger charge is 2.25. The lowest BCUT2D eigenvalue weighted by Crippen LogP contribution is -2.20. The summed E-state index contributed by atoms with van der Waals surface area (Å²) < 4.78 is 8.96. The maximum Gasteiger partial charge on any atom is 0.339 e. The molecule has 1 atom stereocenters. The van der Waals surface area contributed by atoms with Gasteiger partial charge in [0, 0.05) is 5.57 Å². The standard InChI is InChI=1S/C11H12O4/c1-5-9(11(13)15-7-3)8(4)10(12)14-6-2/h5-7,9H,1-4H2. The van der Waals surface area contributed by atoms with Crippen molar-refractivity contribution in [1.29, 1.82) is 0 Å². The maximum atomic E-state index is 11.3. The van der Waals surface area contributed by atoms with Crippen LogP contribution in [0.1, 0.15) is 0 Å². The van der Waals surface area contributed by atoms with Crippen LogP contribution in [0.4, 0.5) is 0 Å². The molecule has 0 heterocycles. The van der Waals surface area contributed by atoms with Gasteiger partial charge in [-0.15, -0.1) is 6.58 Å². The average Bonchev–Trinajstić information content (AvgIpc) is 2.19. The van der Waals surface area contributed by atoms with E-state index >= 15 is 0 Å². The molecule has 0 fully saturated rings. The van der Waals surface area contributed by atoms with E-state index in [1.54, 1.807) is 0 Å². The van der Waals surface area contributed by atoms with Crippen LogP contribution in [0.3, 0.4) is 0 Å². The van der Waals surface area contributed by atoms with Gasteiger partial charge in [-0.05, 0) is 0 Å². The molecule has 0 spiro atoms. The van der Waals surface area contributed by atoms with Gasteiger partial charge < -0.3 is 9.47 Å². The van der Waals surface area contributed by atoms with Crippen molar-refractivity contribution < 1.29 is 19.1 Å². The first kappa shape index (κ1) is 12.9. The lowest BCUT2D eigenvalue weighted by Gasteiger charge is -2.10. The minimum atomic E-state index is -0.949. The summed E-state index contributed by atoms with van der Waals surface area (Å²) in [6.45, 7) is 13.2. The van der Waals surface area contributed by atoms with Gasteiger partial charge in [0.15, 0.2) is 0 Å². The normalized spacial score (nSPS) is 10.7. The summed E-state index contributed by atoms with van der Waals surface area (Å²) in [5.74, 6) is -2.39. The highest BCUT2D eigenvalue weighted by atomic mass is 16.5. The van der Waals surface area contributed by atoms with Gasteiger partial charge >= 0.3 is 11.9 Å². The van der Waals surface area contributed by atoms with Gasteiger partial charge in [0.05, 0.1) is 12.5 Å². The molecule has 0 aromatic heterocycles. The largest absolute Gasteiger partial charge is 0.434 e. The Morgan fingerprint density at radius 3 is 2.00 bits per heavy atom. The zero-order chi connectivity index (χ0) is 11.8. The lowest BCUT2D eigenvalue weighted by atomic mass is 10.0. The Balaban J connectivity index is 4.66. The fourth-order valence-corrected chi connectivity index (χ4v) is 0.815. The van der Waals surface area contributed by atoms with Gasteiger partial charge in [-0.1, -0.05) is 25.8 Å². The van der Waals surface area contributed by atoms with Gasteiger partial charge in [0.1, 0.15) is 5.92 Å². The number of ether oxygens (including phenoxy) is 2. The predicted molar refractivity (Wildman–Crippen MR) is 55.4 cm³/mol. The fourth-order valence-electron chi connectivity index (χ4n) is 0.815. The van der Waals surface area contributed by atoms with Crippen LogP contribution in [0.2, 0.25) is 0 Å². The van der Waals surface area contributed by atoms with Crippen LogP contribution < -0.4 is 0 Å². The third kappa shape index (κ3) is 3.64. The smallest absolute Gasteiger partial charge is 0.339 e. The Morgan fingerprint density at radius 2 is 1.60 bits per heavy atom. The van der Waals surface area contributed by atoms with Gasteiger partial charge in [0.25, 0.3) is 0 Å². The molecular formula is C11H12O4. The number of carbonyl (C=O) groups is 2. The van der Waals surface area contributed by atoms with Crippen LogP contribution >= 0.6 is 0 Å². The Kier molecular flexibility index (Phi) is 5.48. The second-order valence-electron chi connectivity index (χ2n) is 2.41. The van der Waals surface area contributed by atoms with Gasteiger partial charge in [-0.3, -0.25) is 4.79 Å². The Morgan fingerprint density at radius 1 is 1.07 bits per heavy atom. The van der Waals surface area contributed by atoms with Crippen LogP contribution in [0.5, 0.6) is 0 Å². The molecule has 80 valence electrons. The van der Waals surface area contributed by atoms with E-state index in [0.29, 0.717) is 0 Å². The van der Waals surface area contributed by atoms with Crippen LogP contribution in [0.15, 0.2) is 50.5 Å². The van der Waals surface area contributed by atoms with Crippen LogP contribution in [-0.4, -0.2) is 11.9 Å². The van der Waals surface area contributed by atoms with Gasteiger partial charge in [-0.25, -0.2) is 4.79 Å². The average molecular weight is 208 g/mol. The molecule has 0 radical (unpaired) electrons. The van der Waals surface area contributed by atoms with Crippen LogP contribution in [-0.2, 0) is 19.1 Å². The molecule has 0 saturated heterocycles. The molecule has 0 aliphatic heterocycles. The summed E-state index contributed by atoms with van der Waals surface area (Å²) >= 11 is 0. The molecule has 0 aromatic carbocycles. The van der Waals surface area contributed by atoms with Crippen molar-refractivity contribution in [3.05, 3.63) is 50.5 Å². The molecule has 0 amide bonds. The van der Waals surface area contributed by atoms with Crippen LogP contribution in [0, 0.1) is 5.92 Å². The third-order valence-corrected chi connectivity index (χ3v) is 1.52. The maximum absolute atomic E-state index is 11.3. The second-order valence-corrected chi connectivity index (χ2v) is 2.41. The molecule has 0 N–H and O–H groups in total. The SMILES string of the molecule is C=COC(=O)C(=C)C(C=C)C(=O)OC=C. The van der Waals surface area contributed by atoms with Crippen molar-refractivity contribution in [1.82, 2.24) is 0 Å². The lowest BCUT2D eigenvalue weighted by molar-refractivity contribution is -0.143.